The summed E-state index contributed by atoms with van der Waals surface area (Å²) in [6.45, 7) is 0. The van der Waals surface area contributed by atoms with Crippen LogP contribution in [0.15, 0.2) is 16.6 Å². The van der Waals surface area contributed by atoms with Crippen molar-refractivity contribution in [2.45, 2.75) is 0 Å². The molecular formula is C9H8BrFO3. The molecule has 14 heavy (non-hydrogen) atoms. The standard InChI is InChI=1S/C9H8BrFO3/c1-13-8-5(10)3-4-6(11)7(8)9(12)14-2/h3-4H,1-2H3. The fourth-order valence-electron chi connectivity index (χ4n) is 1.03. The molecule has 0 radical (unpaired) electrons. The molecule has 0 aromatic heterocycles. The molecule has 0 heterocycles. The van der Waals surface area contributed by atoms with E-state index in [2.05, 4.69) is 20.7 Å². The van der Waals surface area contributed by atoms with Crippen LogP contribution in [0.2, 0.25) is 0 Å². The fraction of sp³-hybridized carbons (Fsp3) is 0.222. The third-order valence-corrected chi connectivity index (χ3v) is 2.28. The number of esters is 1. The number of ether oxygens (including phenoxy) is 2. The monoisotopic (exact) mass is 262 g/mol. The maximum absolute atomic E-state index is 13.3. The maximum Gasteiger partial charge on any atom is 0.344 e. The van der Waals surface area contributed by atoms with E-state index >= 15 is 0 Å². The van der Waals surface area contributed by atoms with Gasteiger partial charge in [-0.05, 0) is 28.1 Å². The first-order valence-electron chi connectivity index (χ1n) is 3.72. The molecule has 3 nitrogen and oxygen atoms in total. The predicted octanol–water partition coefficient (Wildman–Crippen LogP) is 2.38. The van der Waals surface area contributed by atoms with Crippen molar-refractivity contribution < 1.29 is 18.7 Å². The van der Waals surface area contributed by atoms with Gasteiger partial charge in [0.05, 0.1) is 18.7 Å². The van der Waals surface area contributed by atoms with Gasteiger partial charge in [-0.15, -0.1) is 0 Å². The highest BCUT2D eigenvalue weighted by atomic mass is 79.9. The summed E-state index contributed by atoms with van der Waals surface area (Å²) < 4.78 is 23.1. The highest BCUT2D eigenvalue weighted by Crippen LogP contribution is 2.31. The van der Waals surface area contributed by atoms with Crippen LogP contribution in [0, 0.1) is 5.82 Å². The summed E-state index contributed by atoms with van der Waals surface area (Å²) in [4.78, 5) is 11.2. The summed E-state index contributed by atoms with van der Waals surface area (Å²) in [6.07, 6.45) is 0. The van der Waals surface area contributed by atoms with E-state index in [1.54, 1.807) is 0 Å². The Morgan fingerprint density at radius 1 is 1.43 bits per heavy atom. The highest BCUT2D eigenvalue weighted by molar-refractivity contribution is 9.10. The molecule has 0 saturated heterocycles. The van der Waals surface area contributed by atoms with Crippen LogP contribution in [-0.4, -0.2) is 20.2 Å². The molecule has 1 aromatic rings. The lowest BCUT2D eigenvalue weighted by molar-refractivity contribution is 0.0591. The smallest absolute Gasteiger partial charge is 0.344 e. The van der Waals surface area contributed by atoms with Crippen LogP contribution in [0.1, 0.15) is 10.4 Å². The highest BCUT2D eigenvalue weighted by Gasteiger charge is 2.20. The fourth-order valence-corrected chi connectivity index (χ4v) is 1.52. The Labute approximate surface area is 88.9 Å². The van der Waals surface area contributed by atoms with E-state index in [0.717, 1.165) is 0 Å². The molecule has 1 aromatic carbocycles. The third-order valence-electron chi connectivity index (χ3n) is 1.65. The molecule has 0 amide bonds. The topological polar surface area (TPSA) is 35.5 Å². The Morgan fingerprint density at radius 3 is 2.57 bits per heavy atom. The van der Waals surface area contributed by atoms with E-state index in [9.17, 15) is 9.18 Å². The molecule has 0 unspecified atom stereocenters. The van der Waals surface area contributed by atoms with Gasteiger partial charge in [-0.25, -0.2) is 9.18 Å². The van der Waals surface area contributed by atoms with Crippen molar-refractivity contribution in [2.24, 2.45) is 0 Å². The van der Waals surface area contributed by atoms with Crippen molar-refractivity contribution in [1.29, 1.82) is 0 Å². The summed E-state index contributed by atoms with van der Waals surface area (Å²) in [5.41, 5.74) is -0.204. The summed E-state index contributed by atoms with van der Waals surface area (Å²) in [7, 11) is 2.54. The first-order chi connectivity index (χ1) is 6.61. The first-order valence-corrected chi connectivity index (χ1v) is 4.51. The van der Waals surface area contributed by atoms with Crippen molar-refractivity contribution in [2.75, 3.05) is 14.2 Å². The van der Waals surface area contributed by atoms with Crippen LogP contribution in [-0.2, 0) is 4.74 Å². The van der Waals surface area contributed by atoms with Crippen LogP contribution >= 0.6 is 15.9 Å². The summed E-state index contributed by atoms with van der Waals surface area (Å²) in [6, 6.07) is 2.62. The summed E-state index contributed by atoms with van der Waals surface area (Å²) >= 11 is 3.14. The molecule has 0 spiro atoms. The molecule has 0 fully saturated rings. The molecule has 0 saturated carbocycles. The number of methoxy groups -OCH3 is 2. The molecule has 0 N–H and O–H groups in total. The van der Waals surface area contributed by atoms with Crippen LogP contribution in [0.3, 0.4) is 0 Å². The van der Waals surface area contributed by atoms with Gasteiger partial charge < -0.3 is 9.47 Å². The van der Waals surface area contributed by atoms with Crippen LogP contribution < -0.4 is 4.74 Å². The van der Waals surface area contributed by atoms with Crippen molar-refractivity contribution in [3.05, 3.63) is 28.0 Å². The molecule has 76 valence electrons. The van der Waals surface area contributed by atoms with Crippen molar-refractivity contribution in [3.8, 4) is 5.75 Å². The van der Waals surface area contributed by atoms with Gasteiger partial charge >= 0.3 is 5.97 Å². The Kier molecular flexibility index (Phi) is 3.46. The molecule has 0 aliphatic carbocycles. The predicted molar refractivity (Wildman–Crippen MR) is 52.0 cm³/mol. The molecule has 0 aliphatic heterocycles. The van der Waals surface area contributed by atoms with E-state index in [1.807, 2.05) is 0 Å². The van der Waals surface area contributed by atoms with Crippen molar-refractivity contribution in [1.82, 2.24) is 0 Å². The van der Waals surface area contributed by atoms with Gasteiger partial charge in [-0.2, -0.15) is 0 Å². The van der Waals surface area contributed by atoms with Gasteiger partial charge in [0.2, 0.25) is 0 Å². The number of benzene rings is 1. The summed E-state index contributed by atoms with van der Waals surface area (Å²) in [5.74, 6) is -1.30. The normalized spacial score (nSPS) is 9.71. The molecule has 1 rings (SSSR count). The minimum absolute atomic E-state index is 0.136. The van der Waals surface area contributed by atoms with Gasteiger partial charge in [-0.1, -0.05) is 0 Å². The van der Waals surface area contributed by atoms with Crippen molar-refractivity contribution in [3.63, 3.8) is 0 Å². The molecule has 5 heteroatoms. The average molecular weight is 263 g/mol. The second-order valence-electron chi connectivity index (χ2n) is 2.43. The number of hydrogen-bond donors (Lipinski definition) is 0. The second-order valence-corrected chi connectivity index (χ2v) is 3.28. The molecule has 0 bridgehead atoms. The van der Waals surface area contributed by atoms with Gasteiger partial charge in [0.1, 0.15) is 11.4 Å². The number of hydrogen-bond acceptors (Lipinski definition) is 3. The second kappa shape index (κ2) is 4.41. The first kappa shape index (κ1) is 11.0. The lowest BCUT2D eigenvalue weighted by Gasteiger charge is -2.09. The Bertz CT molecular complexity index is 365. The molecule has 0 aliphatic rings. The minimum atomic E-state index is -0.763. The summed E-state index contributed by atoms with van der Waals surface area (Å²) in [5, 5.41) is 0. The maximum atomic E-state index is 13.3. The van der Waals surface area contributed by atoms with E-state index in [-0.39, 0.29) is 11.3 Å². The zero-order valence-corrected chi connectivity index (χ0v) is 9.22. The van der Waals surface area contributed by atoms with Crippen molar-refractivity contribution >= 4 is 21.9 Å². The average Bonchev–Trinajstić information content (AvgIpc) is 2.19. The van der Waals surface area contributed by atoms with Gasteiger partial charge in [-0.3, -0.25) is 0 Å². The Morgan fingerprint density at radius 2 is 2.07 bits per heavy atom. The number of carbonyl (C=O) groups excluding carboxylic acids is 1. The minimum Gasteiger partial charge on any atom is -0.495 e. The van der Waals surface area contributed by atoms with Crippen LogP contribution in [0.5, 0.6) is 5.75 Å². The van der Waals surface area contributed by atoms with E-state index in [0.29, 0.717) is 4.47 Å². The Hall–Kier alpha value is -1.10. The SMILES string of the molecule is COC(=O)c1c(F)ccc(Br)c1OC. The number of rotatable bonds is 2. The quantitative estimate of drug-likeness (QED) is 0.768. The third kappa shape index (κ3) is 1.87. The Balaban J connectivity index is 3.37. The van der Waals surface area contributed by atoms with E-state index in [1.165, 1.54) is 26.4 Å². The van der Waals surface area contributed by atoms with Gasteiger partial charge in [0.25, 0.3) is 0 Å². The zero-order chi connectivity index (χ0) is 10.7. The van der Waals surface area contributed by atoms with Crippen LogP contribution in [0.25, 0.3) is 0 Å². The van der Waals surface area contributed by atoms with E-state index in [4.69, 9.17) is 4.74 Å². The number of carbonyl (C=O) groups is 1. The van der Waals surface area contributed by atoms with Gasteiger partial charge in [0, 0.05) is 0 Å². The lowest BCUT2D eigenvalue weighted by Crippen LogP contribution is -2.07. The van der Waals surface area contributed by atoms with E-state index < -0.39 is 11.8 Å². The zero-order valence-electron chi connectivity index (χ0n) is 7.64. The van der Waals surface area contributed by atoms with Gasteiger partial charge in [0.15, 0.2) is 5.75 Å². The molecule has 0 atom stereocenters. The number of halogens is 2. The largest absolute Gasteiger partial charge is 0.495 e. The molecular weight excluding hydrogens is 255 g/mol. The van der Waals surface area contributed by atoms with Crippen LogP contribution in [0.4, 0.5) is 4.39 Å². The lowest BCUT2D eigenvalue weighted by atomic mass is 10.2.